The van der Waals surface area contributed by atoms with Gasteiger partial charge >= 0.3 is 6.03 Å². The number of benzene rings is 1. The second-order valence-electron chi connectivity index (χ2n) is 4.98. The summed E-state index contributed by atoms with van der Waals surface area (Å²) in [7, 11) is 0. The molecule has 0 aliphatic carbocycles. The van der Waals surface area contributed by atoms with E-state index in [2.05, 4.69) is 38.5 Å². The van der Waals surface area contributed by atoms with E-state index in [0.717, 1.165) is 4.47 Å². The molecule has 0 bridgehead atoms. The Hall–Kier alpha value is -2.54. The molecule has 0 fully saturated rings. The van der Waals surface area contributed by atoms with Crippen molar-refractivity contribution in [3.8, 4) is 0 Å². The topological polar surface area (TPSA) is 75.2 Å². The maximum absolute atomic E-state index is 12.3. The van der Waals surface area contributed by atoms with E-state index in [0.29, 0.717) is 30.2 Å². The molecule has 24 heavy (non-hydrogen) atoms. The van der Waals surface area contributed by atoms with E-state index in [1.54, 1.807) is 36.4 Å². The Bertz CT molecular complexity index is 738. The zero-order valence-electron chi connectivity index (χ0n) is 13.3. The van der Waals surface area contributed by atoms with E-state index in [4.69, 9.17) is 0 Å². The number of amides is 3. The number of anilines is 2. The van der Waals surface area contributed by atoms with Crippen LogP contribution in [0.25, 0.3) is 0 Å². The molecule has 1 heterocycles. The lowest BCUT2D eigenvalue weighted by Crippen LogP contribution is -2.28. The number of halogens is 1. The van der Waals surface area contributed by atoms with Crippen molar-refractivity contribution in [2.24, 2.45) is 0 Å². The molecule has 1 aromatic carbocycles. The van der Waals surface area contributed by atoms with Gasteiger partial charge in [-0.15, -0.1) is 6.58 Å². The molecular weight excluding hydrogens is 372 g/mol. The lowest BCUT2D eigenvalue weighted by molar-refractivity contribution is 0.101. The minimum atomic E-state index is -0.308. The van der Waals surface area contributed by atoms with Crippen LogP contribution in [0.3, 0.4) is 0 Å². The van der Waals surface area contributed by atoms with E-state index in [-0.39, 0.29) is 11.9 Å². The van der Waals surface area contributed by atoms with Gasteiger partial charge in [-0.3, -0.25) is 4.79 Å². The summed E-state index contributed by atoms with van der Waals surface area (Å²) in [6.45, 7) is 6.60. The van der Waals surface area contributed by atoms with Crippen LogP contribution in [0.5, 0.6) is 0 Å². The lowest BCUT2D eigenvalue weighted by atomic mass is 10.2. The average Bonchev–Trinajstić information content (AvgIpc) is 2.96. The maximum Gasteiger partial charge on any atom is 0.319 e. The van der Waals surface area contributed by atoms with Crippen molar-refractivity contribution in [1.29, 1.82) is 0 Å². The van der Waals surface area contributed by atoms with E-state index in [9.17, 15) is 9.59 Å². The molecule has 3 amide bonds. The van der Waals surface area contributed by atoms with Gasteiger partial charge in [0.2, 0.25) is 0 Å². The highest BCUT2D eigenvalue weighted by molar-refractivity contribution is 9.10. The van der Waals surface area contributed by atoms with Gasteiger partial charge < -0.3 is 20.5 Å². The summed E-state index contributed by atoms with van der Waals surface area (Å²) < 4.78 is 2.72. The molecule has 0 spiro atoms. The molecule has 0 saturated heterocycles. The fourth-order valence-corrected chi connectivity index (χ4v) is 2.56. The Balaban J connectivity index is 1.99. The van der Waals surface area contributed by atoms with Gasteiger partial charge in [-0.25, -0.2) is 4.79 Å². The third kappa shape index (κ3) is 4.73. The fraction of sp³-hybridized carbons (Fsp3) is 0.176. The molecule has 6 nitrogen and oxygen atoms in total. The summed E-state index contributed by atoms with van der Waals surface area (Å²) in [4.78, 5) is 23.9. The monoisotopic (exact) mass is 390 g/mol. The van der Waals surface area contributed by atoms with Gasteiger partial charge in [-0.1, -0.05) is 6.08 Å². The number of nitrogens with one attached hydrogen (secondary N) is 3. The first kappa shape index (κ1) is 17.8. The van der Waals surface area contributed by atoms with Crippen LogP contribution >= 0.6 is 15.9 Å². The predicted molar refractivity (Wildman–Crippen MR) is 99.4 cm³/mol. The summed E-state index contributed by atoms with van der Waals surface area (Å²) in [5.41, 5.74) is 1.86. The van der Waals surface area contributed by atoms with Crippen LogP contribution in [0.4, 0.5) is 16.2 Å². The zero-order valence-corrected chi connectivity index (χ0v) is 14.9. The number of rotatable bonds is 6. The largest absolute Gasteiger partial charge is 0.343 e. The van der Waals surface area contributed by atoms with Gasteiger partial charge in [0, 0.05) is 35.1 Å². The summed E-state index contributed by atoms with van der Waals surface area (Å²) in [5, 5.41) is 8.15. The quantitative estimate of drug-likeness (QED) is 0.655. The maximum atomic E-state index is 12.3. The molecule has 0 aliphatic heterocycles. The minimum absolute atomic E-state index is 0.188. The summed E-state index contributed by atoms with van der Waals surface area (Å²) in [6, 6.07) is 8.37. The molecular formula is C17H19BrN4O2. The van der Waals surface area contributed by atoms with Crippen LogP contribution in [0.1, 0.15) is 17.4 Å². The summed E-state index contributed by atoms with van der Waals surface area (Å²) in [5.74, 6) is -0.188. The van der Waals surface area contributed by atoms with Crippen LogP contribution in [-0.4, -0.2) is 23.1 Å². The standard InChI is InChI=1S/C17H19BrN4O2/c1-3-9-19-17(24)21-14-7-5-13(6-8-14)20-16(23)15-10-12(18)11-22(15)4-2/h3,5-8,10-11H,1,4,9H2,2H3,(H,20,23)(H2,19,21,24). The first-order chi connectivity index (χ1) is 11.5. The predicted octanol–water partition coefficient (Wildman–Crippen LogP) is 3.83. The van der Waals surface area contributed by atoms with Crippen molar-refractivity contribution in [2.75, 3.05) is 17.2 Å². The zero-order chi connectivity index (χ0) is 17.5. The lowest BCUT2D eigenvalue weighted by Gasteiger charge is -2.09. The van der Waals surface area contributed by atoms with Gasteiger partial charge in [0.1, 0.15) is 5.69 Å². The van der Waals surface area contributed by atoms with Gasteiger partial charge in [0.25, 0.3) is 5.91 Å². The molecule has 7 heteroatoms. The smallest absolute Gasteiger partial charge is 0.319 e. The average molecular weight is 391 g/mol. The van der Waals surface area contributed by atoms with Crippen LogP contribution in [0.2, 0.25) is 0 Å². The SMILES string of the molecule is C=CCNC(=O)Nc1ccc(NC(=O)c2cc(Br)cn2CC)cc1. The summed E-state index contributed by atoms with van der Waals surface area (Å²) >= 11 is 3.37. The van der Waals surface area contributed by atoms with Crippen molar-refractivity contribution in [3.05, 3.63) is 59.4 Å². The molecule has 3 N–H and O–H groups in total. The molecule has 0 unspecified atom stereocenters. The second-order valence-corrected chi connectivity index (χ2v) is 5.90. The molecule has 126 valence electrons. The highest BCUT2D eigenvalue weighted by Gasteiger charge is 2.12. The van der Waals surface area contributed by atoms with E-state index < -0.39 is 0 Å². The third-order valence-corrected chi connectivity index (χ3v) is 3.68. The fourth-order valence-electron chi connectivity index (χ4n) is 2.10. The molecule has 0 radical (unpaired) electrons. The van der Waals surface area contributed by atoms with E-state index in [1.165, 1.54) is 0 Å². The van der Waals surface area contributed by atoms with E-state index >= 15 is 0 Å². The number of carbonyl (C=O) groups is 2. The Kier molecular flexibility index (Phi) is 6.20. The normalized spacial score (nSPS) is 10.1. The first-order valence-corrected chi connectivity index (χ1v) is 8.25. The van der Waals surface area contributed by atoms with Crippen molar-refractivity contribution in [1.82, 2.24) is 9.88 Å². The molecule has 0 aliphatic rings. The Labute approximate surface area is 149 Å². The van der Waals surface area contributed by atoms with Gasteiger partial charge in [-0.2, -0.15) is 0 Å². The number of hydrogen-bond donors (Lipinski definition) is 3. The van der Waals surface area contributed by atoms with Crippen LogP contribution in [-0.2, 0) is 6.54 Å². The second kappa shape index (κ2) is 8.35. The Morgan fingerprint density at radius 1 is 1.21 bits per heavy atom. The van der Waals surface area contributed by atoms with Crippen molar-refractivity contribution in [3.63, 3.8) is 0 Å². The molecule has 2 rings (SSSR count). The van der Waals surface area contributed by atoms with Gasteiger partial charge in [-0.05, 0) is 53.2 Å². The third-order valence-electron chi connectivity index (χ3n) is 3.24. The Morgan fingerprint density at radius 3 is 2.42 bits per heavy atom. The van der Waals surface area contributed by atoms with Gasteiger partial charge in [0.05, 0.1) is 0 Å². The van der Waals surface area contributed by atoms with E-state index in [1.807, 2.05) is 17.7 Å². The van der Waals surface area contributed by atoms with Crippen molar-refractivity contribution >= 4 is 39.2 Å². The minimum Gasteiger partial charge on any atom is -0.343 e. The molecule has 0 atom stereocenters. The molecule has 0 saturated carbocycles. The van der Waals surface area contributed by atoms with Crippen molar-refractivity contribution in [2.45, 2.75) is 13.5 Å². The number of hydrogen-bond acceptors (Lipinski definition) is 2. The van der Waals surface area contributed by atoms with Crippen LogP contribution in [0, 0.1) is 0 Å². The van der Waals surface area contributed by atoms with Gasteiger partial charge in [0.15, 0.2) is 0 Å². The summed E-state index contributed by atoms with van der Waals surface area (Å²) in [6.07, 6.45) is 3.46. The first-order valence-electron chi connectivity index (χ1n) is 7.46. The number of aromatic nitrogens is 1. The molecule has 2 aromatic rings. The highest BCUT2D eigenvalue weighted by Crippen LogP contribution is 2.18. The highest BCUT2D eigenvalue weighted by atomic mass is 79.9. The molecule has 1 aromatic heterocycles. The number of nitrogens with zero attached hydrogens (tertiary/aromatic N) is 1. The van der Waals surface area contributed by atoms with Crippen molar-refractivity contribution < 1.29 is 9.59 Å². The Morgan fingerprint density at radius 2 is 1.83 bits per heavy atom. The number of urea groups is 1. The number of carbonyl (C=O) groups excluding carboxylic acids is 2. The number of aryl methyl sites for hydroxylation is 1. The van der Waals surface area contributed by atoms with Crippen LogP contribution in [0.15, 0.2) is 53.7 Å². The van der Waals surface area contributed by atoms with Crippen LogP contribution < -0.4 is 16.0 Å².